The number of nitrogens with one attached hydrogen (secondary N) is 1. The third kappa shape index (κ3) is 4.70. The van der Waals surface area contributed by atoms with Crippen LogP contribution in [0.1, 0.15) is 23.1 Å². The average Bonchev–Trinajstić information content (AvgIpc) is 3.10. The zero-order valence-electron chi connectivity index (χ0n) is 16.3. The van der Waals surface area contributed by atoms with Gasteiger partial charge in [-0.05, 0) is 35.4 Å². The summed E-state index contributed by atoms with van der Waals surface area (Å²) in [7, 11) is 0. The molecule has 0 spiro atoms. The average molecular weight is 420 g/mol. The van der Waals surface area contributed by atoms with Crippen molar-refractivity contribution in [3.05, 3.63) is 101 Å². The van der Waals surface area contributed by atoms with E-state index >= 15 is 0 Å². The monoisotopic (exact) mass is 419 g/mol. The molecule has 0 aliphatic carbocycles. The van der Waals surface area contributed by atoms with Gasteiger partial charge in [0, 0.05) is 11.6 Å². The number of hydrogen-bond donors (Lipinski definition) is 2. The number of aromatic nitrogens is 2. The van der Waals surface area contributed by atoms with Crippen LogP contribution in [0.3, 0.4) is 0 Å². The molecule has 1 atom stereocenters. The van der Waals surface area contributed by atoms with Gasteiger partial charge < -0.3 is 15.0 Å². The van der Waals surface area contributed by atoms with Gasteiger partial charge in [0.05, 0.1) is 30.1 Å². The van der Waals surface area contributed by atoms with Crippen LogP contribution in [-0.4, -0.2) is 20.6 Å². The highest BCUT2D eigenvalue weighted by molar-refractivity contribution is 6.30. The number of imidazole rings is 1. The number of aliphatic hydroxyl groups excluding tert-OH is 1. The molecule has 0 unspecified atom stereocenters. The second kappa shape index (κ2) is 9.11. The minimum atomic E-state index is -0.744. The summed E-state index contributed by atoms with van der Waals surface area (Å²) in [6.07, 6.45) is -0.611. The molecule has 1 heterocycles. The molecule has 2 N–H and O–H groups in total. The van der Waals surface area contributed by atoms with Crippen LogP contribution in [0.5, 0.6) is 0 Å². The van der Waals surface area contributed by atoms with Crippen molar-refractivity contribution >= 4 is 28.5 Å². The maximum absolute atomic E-state index is 12.6. The fraction of sp³-hybridized carbons (Fsp3) is 0.167. The van der Waals surface area contributed by atoms with Crippen LogP contribution in [0.4, 0.5) is 0 Å². The van der Waals surface area contributed by atoms with Gasteiger partial charge >= 0.3 is 0 Å². The van der Waals surface area contributed by atoms with Gasteiger partial charge in [-0.25, -0.2) is 4.98 Å². The zero-order chi connectivity index (χ0) is 20.9. The van der Waals surface area contributed by atoms with Crippen molar-refractivity contribution < 1.29 is 9.90 Å². The Bertz CT molecular complexity index is 1140. The third-order valence-corrected chi connectivity index (χ3v) is 5.25. The summed E-state index contributed by atoms with van der Waals surface area (Å²) >= 11 is 5.95. The number of hydrogen-bond acceptors (Lipinski definition) is 3. The molecule has 4 rings (SSSR count). The minimum absolute atomic E-state index is 0.114. The number of para-hydroxylation sites is 2. The SMILES string of the molecule is O=C(Cc1nc2ccccc2n1C[C@@H](O)c1ccc(Cl)cc1)NCc1ccccc1. The highest BCUT2D eigenvalue weighted by atomic mass is 35.5. The lowest BCUT2D eigenvalue weighted by Crippen LogP contribution is -2.26. The topological polar surface area (TPSA) is 67.2 Å². The van der Waals surface area contributed by atoms with E-state index < -0.39 is 6.10 Å². The number of rotatable bonds is 7. The molecule has 0 fully saturated rings. The summed E-state index contributed by atoms with van der Waals surface area (Å²) < 4.78 is 1.91. The van der Waals surface area contributed by atoms with E-state index in [0.29, 0.717) is 23.9 Å². The largest absolute Gasteiger partial charge is 0.387 e. The second-order valence-corrected chi connectivity index (χ2v) is 7.57. The van der Waals surface area contributed by atoms with E-state index in [2.05, 4.69) is 10.3 Å². The van der Waals surface area contributed by atoms with E-state index in [4.69, 9.17) is 11.6 Å². The molecule has 4 aromatic rings. The predicted octanol–water partition coefficient (Wildman–Crippen LogP) is 4.28. The van der Waals surface area contributed by atoms with Crippen molar-refractivity contribution in [2.75, 3.05) is 0 Å². The minimum Gasteiger partial charge on any atom is -0.387 e. The smallest absolute Gasteiger partial charge is 0.227 e. The number of amides is 1. The van der Waals surface area contributed by atoms with Crippen LogP contribution < -0.4 is 5.32 Å². The maximum Gasteiger partial charge on any atom is 0.227 e. The Labute approximate surface area is 179 Å². The predicted molar refractivity (Wildman–Crippen MR) is 118 cm³/mol. The van der Waals surface area contributed by atoms with Crippen LogP contribution in [-0.2, 0) is 24.3 Å². The zero-order valence-corrected chi connectivity index (χ0v) is 17.1. The van der Waals surface area contributed by atoms with Gasteiger partial charge in [0.2, 0.25) is 5.91 Å². The fourth-order valence-electron chi connectivity index (χ4n) is 3.43. The van der Waals surface area contributed by atoms with E-state index in [0.717, 1.165) is 22.2 Å². The fourth-order valence-corrected chi connectivity index (χ4v) is 3.56. The number of carbonyl (C=O) groups excluding carboxylic acids is 1. The third-order valence-electron chi connectivity index (χ3n) is 5.00. The van der Waals surface area contributed by atoms with Crippen LogP contribution >= 0.6 is 11.6 Å². The van der Waals surface area contributed by atoms with Gasteiger partial charge in [-0.3, -0.25) is 4.79 Å². The lowest BCUT2D eigenvalue weighted by Gasteiger charge is -2.15. The van der Waals surface area contributed by atoms with Crippen LogP contribution in [0.25, 0.3) is 11.0 Å². The normalized spacial score (nSPS) is 12.1. The molecule has 1 aromatic heterocycles. The van der Waals surface area contributed by atoms with Crippen molar-refractivity contribution in [3.8, 4) is 0 Å². The Balaban J connectivity index is 1.54. The molecule has 0 bridgehead atoms. The molecular weight excluding hydrogens is 398 g/mol. The lowest BCUT2D eigenvalue weighted by molar-refractivity contribution is -0.120. The maximum atomic E-state index is 12.6. The van der Waals surface area contributed by atoms with E-state index in [1.54, 1.807) is 24.3 Å². The van der Waals surface area contributed by atoms with Crippen molar-refractivity contribution in [2.24, 2.45) is 0 Å². The molecule has 0 saturated carbocycles. The molecule has 152 valence electrons. The summed E-state index contributed by atoms with van der Waals surface area (Å²) in [6.45, 7) is 0.761. The van der Waals surface area contributed by atoms with Gasteiger partial charge in [-0.1, -0.05) is 66.2 Å². The molecule has 3 aromatic carbocycles. The number of aliphatic hydroxyl groups is 1. The van der Waals surface area contributed by atoms with Crippen LogP contribution in [0.15, 0.2) is 78.9 Å². The standard InChI is InChI=1S/C24H22ClN3O2/c25-19-12-10-18(11-13-19)22(29)16-28-21-9-5-4-8-20(21)27-23(28)14-24(30)26-15-17-6-2-1-3-7-17/h1-13,22,29H,14-16H2,(H,26,30)/t22-/m1/s1. The van der Waals surface area contributed by atoms with Crippen molar-refractivity contribution in [1.29, 1.82) is 0 Å². The first kappa shape index (κ1) is 20.1. The molecule has 6 heteroatoms. The lowest BCUT2D eigenvalue weighted by atomic mass is 10.1. The van der Waals surface area contributed by atoms with Gasteiger partial charge in [-0.15, -0.1) is 0 Å². The summed E-state index contributed by atoms with van der Waals surface area (Å²) in [5, 5.41) is 14.3. The van der Waals surface area contributed by atoms with E-state index in [9.17, 15) is 9.90 Å². The highest BCUT2D eigenvalue weighted by Crippen LogP contribution is 2.23. The Morgan fingerprint density at radius 1 is 1.00 bits per heavy atom. The van der Waals surface area contributed by atoms with Crippen LogP contribution in [0, 0.1) is 0 Å². The van der Waals surface area contributed by atoms with E-state index in [1.807, 2.05) is 59.2 Å². The van der Waals surface area contributed by atoms with Crippen molar-refractivity contribution in [3.63, 3.8) is 0 Å². The molecular formula is C24H22ClN3O2. The van der Waals surface area contributed by atoms with Gasteiger partial charge in [0.1, 0.15) is 5.82 Å². The van der Waals surface area contributed by atoms with Crippen molar-refractivity contribution in [2.45, 2.75) is 25.6 Å². The van der Waals surface area contributed by atoms with Crippen molar-refractivity contribution in [1.82, 2.24) is 14.9 Å². The van der Waals surface area contributed by atoms with E-state index in [-0.39, 0.29) is 12.3 Å². The first-order valence-electron chi connectivity index (χ1n) is 9.78. The summed E-state index contributed by atoms with van der Waals surface area (Å²) in [4.78, 5) is 17.2. The van der Waals surface area contributed by atoms with Gasteiger partial charge in [0.15, 0.2) is 0 Å². The van der Waals surface area contributed by atoms with Crippen LogP contribution in [0.2, 0.25) is 5.02 Å². The van der Waals surface area contributed by atoms with Gasteiger partial charge in [-0.2, -0.15) is 0 Å². The molecule has 0 saturated heterocycles. The number of fused-ring (bicyclic) bond motifs is 1. The van der Waals surface area contributed by atoms with E-state index in [1.165, 1.54) is 0 Å². The summed E-state index contributed by atoms with van der Waals surface area (Å²) in [5.74, 6) is 0.506. The Morgan fingerprint density at radius 3 is 2.47 bits per heavy atom. The summed E-state index contributed by atoms with van der Waals surface area (Å²) in [6, 6.07) is 24.6. The molecule has 0 radical (unpaired) electrons. The molecule has 1 amide bonds. The Morgan fingerprint density at radius 2 is 1.70 bits per heavy atom. The molecule has 0 aliphatic rings. The first-order chi connectivity index (χ1) is 14.6. The Kier molecular flexibility index (Phi) is 6.12. The Hall–Kier alpha value is -3.15. The molecule has 5 nitrogen and oxygen atoms in total. The number of nitrogens with zero attached hydrogens (tertiary/aromatic N) is 2. The number of benzene rings is 3. The highest BCUT2D eigenvalue weighted by Gasteiger charge is 2.17. The quantitative estimate of drug-likeness (QED) is 0.469. The first-order valence-corrected chi connectivity index (χ1v) is 10.2. The molecule has 30 heavy (non-hydrogen) atoms. The number of carbonyl (C=O) groups is 1. The van der Waals surface area contributed by atoms with Gasteiger partial charge in [0.25, 0.3) is 0 Å². The number of halogens is 1. The summed E-state index contributed by atoms with van der Waals surface area (Å²) in [5.41, 5.74) is 3.48. The second-order valence-electron chi connectivity index (χ2n) is 7.13. The molecule has 0 aliphatic heterocycles.